The molecule has 0 spiro atoms. The van der Waals surface area contributed by atoms with Gasteiger partial charge in [-0.1, -0.05) is 0 Å². The molecule has 0 bridgehead atoms. The van der Waals surface area contributed by atoms with E-state index in [4.69, 9.17) is 23.2 Å². The van der Waals surface area contributed by atoms with Crippen molar-refractivity contribution in [3.63, 3.8) is 0 Å². The van der Waals surface area contributed by atoms with Crippen molar-refractivity contribution in [3.8, 4) is 0 Å². The predicted octanol–water partition coefficient (Wildman–Crippen LogP) is 4.57. The second kappa shape index (κ2) is 5.98. The Bertz CT molecular complexity index is 459. The van der Waals surface area contributed by atoms with Crippen LogP contribution in [0, 0.1) is 17.6 Å². The zero-order valence-corrected chi connectivity index (χ0v) is 15.7. The molecule has 0 N–H and O–H groups in total. The Hall–Kier alpha value is 1.33. The summed E-state index contributed by atoms with van der Waals surface area (Å²) in [4.78, 5) is 22.6. The van der Waals surface area contributed by atoms with Crippen LogP contribution in [0.4, 0.5) is 0 Å². The number of rotatable bonds is 2. The van der Waals surface area contributed by atoms with Crippen molar-refractivity contribution in [1.29, 1.82) is 0 Å². The maximum atomic E-state index is 11.3. The van der Waals surface area contributed by atoms with E-state index in [1.165, 1.54) is 0 Å². The molecule has 1 aromatic rings. The van der Waals surface area contributed by atoms with Gasteiger partial charge in [-0.2, -0.15) is 0 Å². The summed E-state index contributed by atoms with van der Waals surface area (Å²) in [5, 5.41) is -1.15. The average Bonchev–Trinajstić information content (AvgIpc) is 2.13. The Balaban J connectivity index is 3.80. The van der Waals surface area contributed by atoms with E-state index in [0.29, 0.717) is 14.7 Å². The van der Waals surface area contributed by atoms with Crippen molar-refractivity contribution in [2.45, 2.75) is 6.92 Å². The molecule has 0 unspecified atom stereocenters. The zero-order valence-electron chi connectivity index (χ0n) is 7.71. The number of carbonyl (C=O) groups excluding carboxylic acids is 2. The summed E-state index contributed by atoms with van der Waals surface area (Å²) in [7, 11) is 0. The van der Waals surface area contributed by atoms with Crippen LogP contribution >= 0.6 is 91.0 Å². The summed E-state index contributed by atoms with van der Waals surface area (Å²) < 4.78 is 2.03. The van der Waals surface area contributed by atoms with Crippen molar-refractivity contribution < 1.29 is 9.59 Å². The van der Waals surface area contributed by atoms with Gasteiger partial charge in [0.15, 0.2) is 0 Å². The topological polar surface area (TPSA) is 34.1 Å². The second-order valence-electron chi connectivity index (χ2n) is 2.86. The van der Waals surface area contributed by atoms with E-state index in [1.54, 1.807) is 0 Å². The number of benzene rings is 1. The summed E-state index contributed by atoms with van der Waals surface area (Å²) in [6.45, 7) is 1.83. The van der Waals surface area contributed by atoms with E-state index in [2.05, 4.69) is 0 Å². The highest BCUT2D eigenvalue weighted by molar-refractivity contribution is 14.1. The molecule has 0 aliphatic carbocycles. The molecular weight excluding hydrogens is 592 g/mol. The third-order valence-electron chi connectivity index (χ3n) is 1.93. The molecule has 0 saturated heterocycles. The fourth-order valence-electron chi connectivity index (χ4n) is 1.13. The van der Waals surface area contributed by atoms with E-state index in [1.807, 2.05) is 74.7 Å². The highest BCUT2D eigenvalue weighted by Crippen LogP contribution is 2.33. The molecule has 0 radical (unpaired) electrons. The molecule has 0 aromatic heterocycles. The molecule has 16 heavy (non-hydrogen) atoms. The standard InChI is InChI=1S/C9H3Cl2I3O2/c1-2-5(12)3(8(10)15)7(14)4(6(2)13)9(11)16/h1H3. The quantitative estimate of drug-likeness (QED) is 0.372. The number of hydrogen-bond acceptors (Lipinski definition) is 2. The molecule has 1 aromatic carbocycles. The van der Waals surface area contributed by atoms with E-state index < -0.39 is 10.5 Å². The molecule has 0 fully saturated rings. The van der Waals surface area contributed by atoms with E-state index in [0.717, 1.165) is 12.7 Å². The van der Waals surface area contributed by atoms with Crippen molar-refractivity contribution in [3.05, 3.63) is 27.4 Å². The molecule has 0 atom stereocenters. The lowest BCUT2D eigenvalue weighted by atomic mass is 10.1. The summed E-state index contributed by atoms with van der Waals surface area (Å²) in [5.74, 6) is 0. The van der Waals surface area contributed by atoms with E-state index in [-0.39, 0.29) is 0 Å². The monoisotopic (exact) mass is 594 g/mol. The first kappa shape index (κ1) is 15.4. The predicted molar refractivity (Wildman–Crippen MR) is 89.7 cm³/mol. The Morgan fingerprint density at radius 1 is 0.875 bits per heavy atom. The van der Waals surface area contributed by atoms with Gasteiger partial charge in [0.25, 0.3) is 10.5 Å². The first-order chi connectivity index (χ1) is 7.29. The molecule has 0 aliphatic rings. The summed E-state index contributed by atoms with van der Waals surface area (Å²) in [5.41, 5.74) is 1.55. The first-order valence-corrected chi connectivity index (χ1v) is 7.85. The Morgan fingerprint density at radius 2 is 1.19 bits per heavy atom. The van der Waals surface area contributed by atoms with Gasteiger partial charge in [0.1, 0.15) is 0 Å². The van der Waals surface area contributed by atoms with Gasteiger partial charge < -0.3 is 0 Å². The fraction of sp³-hybridized carbons (Fsp3) is 0.111. The number of hydrogen-bond donors (Lipinski definition) is 0. The van der Waals surface area contributed by atoms with Crippen LogP contribution < -0.4 is 0 Å². The highest BCUT2D eigenvalue weighted by atomic mass is 127. The molecule has 7 heteroatoms. The van der Waals surface area contributed by atoms with Crippen LogP contribution in [0.3, 0.4) is 0 Å². The first-order valence-electron chi connectivity index (χ1n) is 3.85. The molecule has 0 heterocycles. The summed E-state index contributed by atoms with van der Waals surface area (Å²) in [6, 6.07) is 0. The van der Waals surface area contributed by atoms with Crippen LogP contribution in [0.5, 0.6) is 0 Å². The van der Waals surface area contributed by atoms with Crippen LogP contribution in [0.25, 0.3) is 0 Å². The molecular formula is C9H3Cl2I3O2. The lowest BCUT2D eigenvalue weighted by molar-refractivity contribution is 0.107. The Kier molecular flexibility index (Phi) is 5.75. The van der Waals surface area contributed by atoms with Crippen LogP contribution in [-0.4, -0.2) is 10.5 Å². The molecule has 0 amide bonds. The molecule has 1 rings (SSSR count). The van der Waals surface area contributed by atoms with Crippen molar-refractivity contribution in [1.82, 2.24) is 0 Å². The third kappa shape index (κ3) is 2.83. The van der Waals surface area contributed by atoms with Crippen molar-refractivity contribution >= 4 is 101 Å². The summed E-state index contributed by atoms with van der Waals surface area (Å²) >= 11 is 17.0. The maximum absolute atomic E-state index is 11.3. The van der Waals surface area contributed by atoms with Gasteiger partial charge in [0, 0.05) is 10.7 Å². The minimum absolute atomic E-state index is 0.352. The SMILES string of the molecule is Cc1c(I)c(C(=O)Cl)c(I)c(C(=O)Cl)c1I. The van der Waals surface area contributed by atoms with E-state index in [9.17, 15) is 9.59 Å². The zero-order chi connectivity index (χ0) is 12.6. The molecule has 0 aliphatic heterocycles. The molecule has 86 valence electrons. The van der Waals surface area contributed by atoms with Gasteiger partial charge in [-0.15, -0.1) is 0 Å². The normalized spacial score (nSPS) is 10.4. The van der Waals surface area contributed by atoms with Gasteiger partial charge in [-0.25, -0.2) is 0 Å². The van der Waals surface area contributed by atoms with Gasteiger partial charge in [-0.3, -0.25) is 9.59 Å². The average molecular weight is 595 g/mol. The van der Waals surface area contributed by atoms with Gasteiger partial charge >= 0.3 is 0 Å². The summed E-state index contributed by atoms with van der Waals surface area (Å²) in [6.07, 6.45) is 0. The lowest BCUT2D eigenvalue weighted by Crippen LogP contribution is -2.09. The van der Waals surface area contributed by atoms with Crippen LogP contribution in [0.15, 0.2) is 0 Å². The third-order valence-corrected chi connectivity index (χ3v) is 6.08. The smallest absolute Gasteiger partial charge is 0.254 e. The van der Waals surface area contributed by atoms with Crippen molar-refractivity contribution in [2.75, 3.05) is 0 Å². The fourth-order valence-corrected chi connectivity index (χ4v) is 6.30. The second-order valence-corrected chi connectivity index (χ2v) is 6.79. The molecule has 0 saturated carbocycles. The maximum Gasteiger partial charge on any atom is 0.254 e. The van der Waals surface area contributed by atoms with Gasteiger partial charge in [-0.05, 0) is 103 Å². The van der Waals surface area contributed by atoms with Gasteiger partial charge in [0.2, 0.25) is 0 Å². The minimum atomic E-state index is -0.576. The van der Waals surface area contributed by atoms with Crippen LogP contribution in [0.2, 0.25) is 0 Å². The lowest BCUT2D eigenvalue weighted by Gasteiger charge is -2.12. The largest absolute Gasteiger partial charge is 0.276 e. The van der Waals surface area contributed by atoms with Crippen molar-refractivity contribution in [2.24, 2.45) is 0 Å². The molecule has 2 nitrogen and oxygen atoms in total. The van der Waals surface area contributed by atoms with Crippen LogP contribution in [-0.2, 0) is 0 Å². The number of carbonyl (C=O) groups is 2. The Labute approximate surface area is 143 Å². The van der Waals surface area contributed by atoms with E-state index >= 15 is 0 Å². The highest BCUT2D eigenvalue weighted by Gasteiger charge is 2.24. The Morgan fingerprint density at radius 3 is 1.44 bits per heavy atom. The van der Waals surface area contributed by atoms with Crippen LogP contribution in [0.1, 0.15) is 26.3 Å². The van der Waals surface area contributed by atoms with Gasteiger partial charge in [0.05, 0.1) is 11.1 Å². The minimum Gasteiger partial charge on any atom is -0.276 e. The number of halogens is 5.